The van der Waals surface area contributed by atoms with Crippen LogP contribution in [0.25, 0.3) is 0 Å². The number of hydrogen-bond acceptors (Lipinski definition) is 6. The monoisotopic (exact) mass is 619 g/mol. The highest BCUT2D eigenvalue weighted by atomic mass is 35.5. The van der Waals surface area contributed by atoms with E-state index in [2.05, 4.69) is 43.1 Å². The lowest BCUT2D eigenvalue weighted by Crippen LogP contribution is -2.41. The van der Waals surface area contributed by atoms with E-state index in [-0.39, 0.29) is 18.4 Å². The van der Waals surface area contributed by atoms with Gasteiger partial charge < -0.3 is 24.0 Å². The summed E-state index contributed by atoms with van der Waals surface area (Å²) in [7, 11) is 9.81. The van der Waals surface area contributed by atoms with Crippen LogP contribution >= 0.6 is 11.6 Å². The number of amides is 1. The number of anilines is 2. The number of hydrogen-bond donors (Lipinski definition) is 0. The van der Waals surface area contributed by atoms with Crippen molar-refractivity contribution in [2.75, 3.05) is 51.7 Å². The van der Waals surface area contributed by atoms with Gasteiger partial charge in [0.15, 0.2) is 11.5 Å². The molecular formula is C36H46ClN3O4. The smallest absolute Gasteiger partial charge is 0.232 e. The molecule has 0 aromatic heterocycles. The van der Waals surface area contributed by atoms with Gasteiger partial charge in [0.2, 0.25) is 5.91 Å². The number of benzene rings is 3. The van der Waals surface area contributed by atoms with Gasteiger partial charge in [0, 0.05) is 36.4 Å². The number of methoxy groups -OCH3 is 2. The molecule has 7 nitrogen and oxygen atoms in total. The Morgan fingerprint density at radius 3 is 2.18 bits per heavy atom. The van der Waals surface area contributed by atoms with Crippen LogP contribution in [0.4, 0.5) is 11.4 Å². The van der Waals surface area contributed by atoms with Crippen LogP contribution in [-0.2, 0) is 11.2 Å². The van der Waals surface area contributed by atoms with Gasteiger partial charge >= 0.3 is 0 Å². The molecule has 0 unspecified atom stereocenters. The van der Waals surface area contributed by atoms with Gasteiger partial charge in [0.05, 0.1) is 38.5 Å². The molecule has 0 radical (unpaired) electrons. The molecule has 1 saturated carbocycles. The SMILES string of the molecule is COc1cc2c(cc1OC(C)C)[C@H](c1ccc(Cl)cc1)N(c1ccc(N(C)C[C@H]3CC[C@H](N(C)C)CC3)cc1OC)C(=O)C2. The molecule has 1 amide bonds. The van der Waals surface area contributed by atoms with E-state index in [4.69, 9.17) is 25.8 Å². The van der Waals surface area contributed by atoms with Gasteiger partial charge in [-0.25, -0.2) is 0 Å². The van der Waals surface area contributed by atoms with Gasteiger partial charge in [0.1, 0.15) is 5.75 Å². The van der Waals surface area contributed by atoms with Gasteiger partial charge in [0.25, 0.3) is 0 Å². The van der Waals surface area contributed by atoms with Crippen LogP contribution < -0.4 is 24.0 Å². The molecule has 1 fully saturated rings. The second-order valence-electron chi connectivity index (χ2n) is 12.6. The zero-order valence-corrected chi connectivity index (χ0v) is 27.9. The zero-order valence-electron chi connectivity index (χ0n) is 27.1. The van der Waals surface area contributed by atoms with Crippen LogP contribution in [-0.4, -0.2) is 64.9 Å². The standard InChI is InChI=1S/C36H46ClN3O4/c1-23(2)44-34-21-30-26(18-33(34)43-7)19-35(41)40(36(30)25-10-12-27(37)13-11-25)31-17-16-29(20-32(31)42-6)39(5)22-24-8-14-28(15-9-24)38(3)4/h10-13,16-18,20-21,23-24,28,36H,8-9,14-15,19,22H2,1-7H3/t24-,28-,36-/m0/s1. The van der Waals surface area contributed by atoms with Crippen LogP contribution in [0.1, 0.15) is 62.3 Å². The minimum Gasteiger partial charge on any atom is -0.494 e. The summed E-state index contributed by atoms with van der Waals surface area (Å²) in [5.41, 5.74) is 4.65. The van der Waals surface area contributed by atoms with Crippen LogP contribution in [0.2, 0.25) is 5.02 Å². The molecule has 3 aromatic carbocycles. The fourth-order valence-electron chi connectivity index (χ4n) is 6.75. The third-order valence-corrected chi connectivity index (χ3v) is 9.33. The maximum atomic E-state index is 14.1. The number of rotatable bonds is 10. The topological polar surface area (TPSA) is 54.5 Å². The number of nitrogens with zero attached hydrogens (tertiary/aromatic N) is 3. The summed E-state index contributed by atoms with van der Waals surface area (Å²) in [6.07, 6.45) is 5.16. The van der Waals surface area contributed by atoms with Crippen molar-refractivity contribution in [1.29, 1.82) is 0 Å². The van der Waals surface area contributed by atoms with Crippen molar-refractivity contribution in [3.05, 3.63) is 76.3 Å². The van der Waals surface area contributed by atoms with Gasteiger partial charge in [-0.2, -0.15) is 0 Å². The lowest BCUT2D eigenvalue weighted by Gasteiger charge is -2.39. The highest BCUT2D eigenvalue weighted by molar-refractivity contribution is 6.30. The van der Waals surface area contributed by atoms with E-state index < -0.39 is 6.04 Å². The third-order valence-electron chi connectivity index (χ3n) is 9.08. The maximum absolute atomic E-state index is 14.1. The molecule has 2 aliphatic rings. The molecule has 5 rings (SSSR count). The molecule has 236 valence electrons. The van der Waals surface area contributed by atoms with Crippen molar-refractivity contribution < 1.29 is 19.0 Å². The first kappa shape index (κ1) is 32.0. The van der Waals surface area contributed by atoms with E-state index in [1.807, 2.05) is 61.2 Å². The van der Waals surface area contributed by atoms with Gasteiger partial charge in [-0.05, 0) is 113 Å². The zero-order chi connectivity index (χ0) is 31.5. The Morgan fingerprint density at radius 1 is 0.886 bits per heavy atom. The van der Waals surface area contributed by atoms with Crippen LogP contribution in [0.3, 0.4) is 0 Å². The highest BCUT2D eigenvalue weighted by Gasteiger charge is 2.37. The molecule has 8 heteroatoms. The van der Waals surface area contributed by atoms with E-state index in [0.717, 1.165) is 34.6 Å². The number of fused-ring (bicyclic) bond motifs is 1. The Balaban J connectivity index is 1.51. The number of carbonyl (C=O) groups is 1. The minimum absolute atomic E-state index is 0.0194. The summed E-state index contributed by atoms with van der Waals surface area (Å²) >= 11 is 6.30. The highest BCUT2D eigenvalue weighted by Crippen LogP contribution is 2.46. The van der Waals surface area contributed by atoms with Crippen molar-refractivity contribution in [2.24, 2.45) is 5.92 Å². The summed E-state index contributed by atoms with van der Waals surface area (Å²) in [6.45, 7) is 4.97. The molecule has 3 aromatic rings. The molecular weight excluding hydrogens is 574 g/mol. The second-order valence-corrected chi connectivity index (χ2v) is 13.1. The first-order valence-electron chi connectivity index (χ1n) is 15.6. The normalized spacial score (nSPS) is 20.1. The first-order valence-corrected chi connectivity index (χ1v) is 16.0. The molecule has 1 aliphatic carbocycles. The summed E-state index contributed by atoms with van der Waals surface area (Å²) < 4.78 is 17.8. The summed E-state index contributed by atoms with van der Waals surface area (Å²) in [5, 5.41) is 0.640. The van der Waals surface area contributed by atoms with E-state index in [9.17, 15) is 4.79 Å². The van der Waals surface area contributed by atoms with Crippen LogP contribution in [0.15, 0.2) is 54.6 Å². The molecule has 44 heavy (non-hydrogen) atoms. The number of halogens is 1. The Bertz CT molecular complexity index is 1450. The number of carbonyl (C=O) groups excluding carboxylic acids is 1. The predicted molar refractivity (Wildman–Crippen MR) is 179 cm³/mol. The van der Waals surface area contributed by atoms with Crippen molar-refractivity contribution in [3.63, 3.8) is 0 Å². The Kier molecular flexibility index (Phi) is 9.96. The van der Waals surface area contributed by atoms with Crippen molar-refractivity contribution >= 4 is 28.9 Å². The quantitative estimate of drug-likeness (QED) is 0.236. The van der Waals surface area contributed by atoms with Crippen molar-refractivity contribution in [2.45, 2.75) is 64.1 Å². The Hall–Kier alpha value is -3.42. The largest absolute Gasteiger partial charge is 0.494 e. The number of ether oxygens (including phenoxy) is 3. The lowest BCUT2D eigenvalue weighted by molar-refractivity contribution is -0.118. The summed E-state index contributed by atoms with van der Waals surface area (Å²) in [5.74, 6) is 2.57. The molecule has 0 N–H and O–H groups in total. The van der Waals surface area contributed by atoms with E-state index >= 15 is 0 Å². The summed E-state index contributed by atoms with van der Waals surface area (Å²) in [4.78, 5) is 20.6. The molecule has 0 bridgehead atoms. The van der Waals surface area contributed by atoms with Crippen LogP contribution in [0, 0.1) is 5.92 Å². The average Bonchev–Trinajstić information content (AvgIpc) is 3.00. The second kappa shape index (κ2) is 13.7. The van der Waals surface area contributed by atoms with Crippen LogP contribution in [0.5, 0.6) is 17.2 Å². The third kappa shape index (κ3) is 6.79. The van der Waals surface area contributed by atoms with Crippen molar-refractivity contribution in [3.8, 4) is 17.2 Å². The average molecular weight is 620 g/mol. The summed E-state index contributed by atoms with van der Waals surface area (Å²) in [6, 6.07) is 18.1. The molecule has 1 aliphatic heterocycles. The Labute approximate surface area is 267 Å². The molecule has 1 atom stereocenters. The minimum atomic E-state index is -0.409. The van der Waals surface area contributed by atoms with E-state index in [0.29, 0.717) is 34.2 Å². The van der Waals surface area contributed by atoms with Gasteiger partial charge in [-0.15, -0.1) is 0 Å². The first-order chi connectivity index (χ1) is 21.1. The fraction of sp³-hybridized carbons (Fsp3) is 0.472. The fourth-order valence-corrected chi connectivity index (χ4v) is 6.87. The van der Waals surface area contributed by atoms with Gasteiger partial charge in [-0.3, -0.25) is 9.69 Å². The van der Waals surface area contributed by atoms with E-state index in [1.54, 1.807) is 14.2 Å². The lowest BCUT2D eigenvalue weighted by atomic mass is 9.85. The predicted octanol–water partition coefficient (Wildman–Crippen LogP) is 7.38. The maximum Gasteiger partial charge on any atom is 0.232 e. The van der Waals surface area contributed by atoms with Gasteiger partial charge in [-0.1, -0.05) is 23.7 Å². The molecule has 0 spiro atoms. The molecule has 1 heterocycles. The van der Waals surface area contributed by atoms with Crippen molar-refractivity contribution in [1.82, 2.24) is 4.90 Å². The Morgan fingerprint density at radius 2 is 1.57 bits per heavy atom. The molecule has 0 saturated heterocycles. The van der Waals surface area contributed by atoms with E-state index in [1.165, 1.54) is 25.7 Å².